The second-order valence-corrected chi connectivity index (χ2v) is 8.28. The first-order chi connectivity index (χ1) is 16.4. The van der Waals surface area contributed by atoms with Crippen LogP contribution in [0.4, 0.5) is 22.9 Å². The zero-order valence-corrected chi connectivity index (χ0v) is 19.1. The van der Waals surface area contributed by atoms with Crippen molar-refractivity contribution in [3.8, 4) is 0 Å². The van der Waals surface area contributed by atoms with E-state index in [2.05, 4.69) is 20.5 Å². The summed E-state index contributed by atoms with van der Waals surface area (Å²) in [4.78, 5) is 27.3. The van der Waals surface area contributed by atoms with Crippen molar-refractivity contribution in [3.63, 3.8) is 0 Å². The molecular formula is C24H19N5O4S. The van der Waals surface area contributed by atoms with Gasteiger partial charge in [-0.3, -0.25) is 14.9 Å². The Morgan fingerprint density at radius 3 is 2.59 bits per heavy atom. The summed E-state index contributed by atoms with van der Waals surface area (Å²) in [5.74, 6) is -0.302. The van der Waals surface area contributed by atoms with E-state index in [9.17, 15) is 14.9 Å². The van der Waals surface area contributed by atoms with Crippen molar-refractivity contribution in [1.29, 1.82) is 0 Å². The Labute approximate surface area is 199 Å². The largest absolute Gasteiger partial charge is 0.433 e. The van der Waals surface area contributed by atoms with Gasteiger partial charge in [-0.25, -0.2) is 4.99 Å². The van der Waals surface area contributed by atoms with E-state index in [0.717, 1.165) is 16.8 Å². The first-order valence-corrected chi connectivity index (χ1v) is 11.0. The number of nitrogens with one attached hydrogen (secondary N) is 1. The molecule has 0 radical (unpaired) electrons. The molecule has 4 rings (SSSR count). The van der Waals surface area contributed by atoms with Crippen molar-refractivity contribution in [2.45, 2.75) is 13.8 Å². The van der Waals surface area contributed by atoms with Gasteiger partial charge >= 0.3 is 5.88 Å². The number of rotatable bonds is 6. The summed E-state index contributed by atoms with van der Waals surface area (Å²) in [6.07, 6.45) is 4.73. The molecule has 0 bridgehead atoms. The van der Waals surface area contributed by atoms with Gasteiger partial charge in [-0.1, -0.05) is 24.3 Å². The quantitative estimate of drug-likeness (QED) is 0.185. The molecule has 34 heavy (non-hydrogen) atoms. The highest BCUT2D eigenvalue weighted by molar-refractivity contribution is 8.18. The Morgan fingerprint density at radius 2 is 1.85 bits per heavy atom. The number of nitrogens with zero attached hydrogens (tertiary/aromatic N) is 4. The van der Waals surface area contributed by atoms with Crippen LogP contribution in [0.15, 0.2) is 91.3 Å². The van der Waals surface area contributed by atoms with E-state index >= 15 is 0 Å². The van der Waals surface area contributed by atoms with E-state index in [1.807, 2.05) is 56.3 Å². The molecule has 0 saturated carbocycles. The molecule has 1 N–H and O–H groups in total. The highest BCUT2D eigenvalue weighted by Crippen LogP contribution is 2.30. The van der Waals surface area contributed by atoms with Crippen molar-refractivity contribution in [2.24, 2.45) is 15.2 Å². The lowest BCUT2D eigenvalue weighted by atomic mass is 10.2. The van der Waals surface area contributed by atoms with Gasteiger partial charge < -0.3 is 9.73 Å². The molecule has 2 heterocycles. The zero-order chi connectivity index (χ0) is 24.1. The number of nitro groups is 1. The molecule has 1 fully saturated rings. The number of azo groups is 1. The van der Waals surface area contributed by atoms with Crippen LogP contribution in [0.2, 0.25) is 0 Å². The lowest BCUT2D eigenvalue weighted by Gasteiger charge is -2.03. The van der Waals surface area contributed by atoms with E-state index in [-0.39, 0.29) is 11.8 Å². The van der Waals surface area contributed by atoms with E-state index < -0.39 is 4.92 Å². The number of thioether (sulfide) groups is 1. The third-order valence-electron chi connectivity index (χ3n) is 4.74. The van der Waals surface area contributed by atoms with Gasteiger partial charge in [0, 0.05) is 0 Å². The van der Waals surface area contributed by atoms with E-state index in [1.54, 1.807) is 12.2 Å². The predicted molar refractivity (Wildman–Crippen MR) is 132 cm³/mol. The Kier molecular flexibility index (Phi) is 6.79. The number of furan rings is 1. The maximum Gasteiger partial charge on any atom is 0.433 e. The van der Waals surface area contributed by atoms with Crippen LogP contribution in [-0.2, 0) is 4.79 Å². The second-order valence-electron chi connectivity index (χ2n) is 7.25. The average Bonchev–Trinajstić information content (AvgIpc) is 3.42. The minimum atomic E-state index is -0.611. The van der Waals surface area contributed by atoms with E-state index in [0.29, 0.717) is 27.2 Å². The molecule has 1 saturated heterocycles. The summed E-state index contributed by atoms with van der Waals surface area (Å²) >= 11 is 1.20. The predicted octanol–water partition coefficient (Wildman–Crippen LogP) is 6.67. The van der Waals surface area contributed by atoms with Crippen LogP contribution < -0.4 is 5.32 Å². The molecule has 3 aromatic rings. The average molecular weight is 474 g/mol. The molecule has 170 valence electrons. The second kappa shape index (κ2) is 10.1. The number of hydrogen-bond acceptors (Lipinski definition) is 8. The molecule has 9 nitrogen and oxygen atoms in total. The highest BCUT2D eigenvalue weighted by atomic mass is 32.2. The van der Waals surface area contributed by atoms with Gasteiger partial charge in [0.05, 0.1) is 28.0 Å². The van der Waals surface area contributed by atoms with E-state index in [1.165, 1.54) is 30.0 Å². The van der Waals surface area contributed by atoms with Crippen LogP contribution in [0.5, 0.6) is 0 Å². The number of hydrogen-bond donors (Lipinski definition) is 1. The van der Waals surface area contributed by atoms with Crippen molar-refractivity contribution in [3.05, 3.63) is 98.7 Å². The minimum Gasteiger partial charge on any atom is -0.401 e. The molecule has 1 aliphatic rings. The van der Waals surface area contributed by atoms with Gasteiger partial charge in [-0.05, 0) is 79.2 Å². The van der Waals surface area contributed by atoms with E-state index in [4.69, 9.17) is 4.42 Å². The number of carbonyl (C=O) groups excluding carboxylic acids is 1. The third-order valence-corrected chi connectivity index (χ3v) is 5.67. The maximum absolute atomic E-state index is 12.2. The number of benzene rings is 2. The first kappa shape index (κ1) is 22.9. The van der Waals surface area contributed by atoms with Crippen molar-refractivity contribution < 1.29 is 14.1 Å². The Balaban J connectivity index is 1.44. The number of aliphatic imine (C=N–C) groups is 1. The van der Waals surface area contributed by atoms with Gasteiger partial charge in [0.15, 0.2) is 5.17 Å². The molecule has 0 unspecified atom stereocenters. The third kappa shape index (κ3) is 5.54. The molecule has 0 aliphatic carbocycles. The van der Waals surface area contributed by atoms with Gasteiger partial charge in [-0.2, -0.15) is 10.2 Å². The fourth-order valence-corrected chi connectivity index (χ4v) is 3.77. The summed E-state index contributed by atoms with van der Waals surface area (Å²) in [6, 6.07) is 16.0. The SMILES string of the molecule is Cc1ccccc1N=Nc1ccc(N=C2NC(=O)/C(=C/C=C/c3ccc([N+](=O)[O-])o3)S2)c(C)c1. The van der Waals surface area contributed by atoms with Gasteiger partial charge in [0.2, 0.25) is 0 Å². The van der Waals surface area contributed by atoms with Crippen LogP contribution in [0.1, 0.15) is 16.9 Å². The highest BCUT2D eigenvalue weighted by Gasteiger charge is 2.23. The number of aryl methyl sites for hydroxylation is 2. The van der Waals surface area contributed by atoms with Crippen LogP contribution in [-0.4, -0.2) is 16.0 Å². The number of allylic oxidation sites excluding steroid dienone is 2. The molecule has 1 amide bonds. The molecule has 2 aromatic carbocycles. The normalized spacial score (nSPS) is 16.2. The van der Waals surface area contributed by atoms with Gasteiger partial charge in [0.1, 0.15) is 10.7 Å². The summed E-state index contributed by atoms with van der Waals surface area (Å²) < 4.78 is 5.05. The van der Waals surface area contributed by atoms with Crippen molar-refractivity contribution in [2.75, 3.05) is 0 Å². The van der Waals surface area contributed by atoms with Gasteiger partial charge in [0.25, 0.3) is 5.91 Å². The van der Waals surface area contributed by atoms with Crippen molar-refractivity contribution in [1.82, 2.24) is 5.32 Å². The summed E-state index contributed by atoms with van der Waals surface area (Å²) in [6.45, 7) is 3.89. The standard InChI is InChI=1S/C24H19N5O4S/c1-15-6-3-4-8-20(15)28-27-17-10-12-19(16(2)14-17)25-24-26-23(30)21(34-24)9-5-7-18-11-13-22(33-18)29(31)32/h3-14H,1-2H3,(H,25,26,30)/b7-5+,21-9-,28-27?. The van der Waals surface area contributed by atoms with Crippen LogP contribution >= 0.6 is 11.8 Å². The number of amidine groups is 1. The Bertz CT molecular complexity index is 1390. The van der Waals surface area contributed by atoms with Crippen molar-refractivity contribution >= 4 is 51.9 Å². The molecule has 0 spiro atoms. The molecule has 1 aliphatic heterocycles. The Hall–Kier alpha value is -4.31. The lowest BCUT2D eigenvalue weighted by molar-refractivity contribution is -0.402. The maximum atomic E-state index is 12.2. The monoisotopic (exact) mass is 473 g/mol. The first-order valence-electron chi connectivity index (χ1n) is 10.2. The number of carbonyl (C=O) groups is 1. The summed E-state index contributed by atoms with van der Waals surface area (Å²) in [5, 5.41) is 22.5. The lowest BCUT2D eigenvalue weighted by Crippen LogP contribution is -2.19. The van der Waals surface area contributed by atoms with Crippen LogP contribution in [0.25, 0.3) is 6.08 Å². The summed E-state index contributed by atoms with van der Waals surface area (Å²) in [7, 11) is 0. The van der Waals surface area contributed by atoms with Crippen LogP contribution in [0, 0.1) is 24.0 Å². The number of amides is 1. The topological polar surface area (TPSA) is 122 Å². The zero-order valence-electron chi connectivity index (χ0n) is 18.3. The molecule has 1 aromatic heterocycles. The smallest absolute Gasteiger partial charge is 0.401 e. The van der Waals surface area contributed by atoms with Gasteiger partial charge in [-0.15, -0.1) is 0 Å². The molecule has 10 heteroatoms. The van der Waals surface area contributed by atoms with Crippen LogP contribution in [0.3, 0.4) is 0 Å². The molecular weight excluding hydrogens is 454 g/mol. The molecule has 0 atom stereocenters. The fraction of sp³-hybridized carbons (Fsp3) is 0.0833. The Morgan fingerprint density at radius 1 is 1.03 bits per heavy atom. The summed E-state index contributed by atoms with van der Waals surface area (Å²) in [5.41, 5.74) is 4.16. The minimum absolute atomic E-state index is 0.278. The fourth-order valence-electron chi connectivity index (χ4n) is 2.98.